The van der Waals surface area contributed by atoms with E-state index in [-0.39, 0.29) is 30.3 Å². The van der Waals surface area contributed by atoms with E-state index < -0.39 is 0 Å². The molecule has 0 spiro atoms. The molecule has 0 fully saturated rings. The number of amides is 2. The van der Waals surface area contributed by atoms with Crippen LogP contribution in [0.4, 0.5) is 0 Å². The number of carbonyl (C=O) groups is 2. The van der Waals surface area contributed by atoms with Gasteiger partial charge < -0.3 is 16.4 Å². The summed E-state index contributed by atoms with van der Waals surface area (Å²) < 4.78 is 1.02. The van der Waals surface area contributed by atoms with E-state index in [0.717, 1.165) is 10.0 Å². The Kier molecular flexibility index (Phi) is 6.16. The Morgan fingerprint density at radius 3 is 2.30 bits per heavy atom. The van der Waals surface area contributed by atoms with Crippen LogP contribution in [-0.4, -0.2) is 31.4 Å². The maximum Gasteiger partial charge on any atom is 0.239 e. The molecule has 0 saturated carbocycles. The van der Waals surface area contributed by atoms with Crippen molar-refractivity contribution in [2.45, 2.75) is 19.3 Å². The van der Waals surface area contributed by atoms with Gasteiger partial charge in [-0.05, 0) is 17.7 Å². The molecule has 1 rings (SSSR count). The zero-order chi connectivity index (χ0) is 15.2. The molecule has 0 aliphatic carbocycles. The topological polar surface area (TPSA) is 84.2 Å². The summed E-state index contributed by atoms with van der Waals surface area (Å²) in [5, 5.41) is 5.24. The molecular weight excluding hydrogens is 322 g/mol. The molecule has 0 saturated heterocycles. The molecule has 110 valence electrons. The fourth-order valence-electron chi connectivity index (χ4n) is 1.64. The Morgan fingerprint density at radius 1 is 1.15 bits per heavy atom. The van der Waals surface area contributed by atoms with Crippen molar-refractivity contribution in [1.82, 2.24) is 10.6 Å². The largest absolute Gasteiger partial charge is 0.354 e. The van der Waals surface area contributed by atoms with Crippen LogP contribution in [0.25, 0.3) is 0 Å². The van der Waals surface area contributed by atoms with Gasteiger partial charge in [-0.1, -0.05) is 41.9 Å². The molecule has 20 heavy (non-hydrogen) atoms. The Labute approximate surface area is 127 Å². The molecule has 1 aromatic carbocycles. The Bertz CT molecular complexity index is 472. The van der Waals surface area contributed by atoms with E-state index in [1.54, 1.807) is 0 Å². The average molecular weight is 342 g/mol. The Morgan fingerprint density at radius 2 is 1.75 bits per heavy atom. The first kappa shape index (κ1) is 16.7. The summed E-state index contributed by atoms with van der Waals surface area (Å²) in [7, 11) is 0. The second kappa shape index (κ2) is 7.40. The zero-order valence-corrected chi connectivity index (χ0v) is 13.3. The van der Waals surface area contributed by atoms with Crippen molar-refractivity contribution in [3.63, 3.8) is 0 Å². The third-order valence-electron chi connectivity index (χ3n) is 2.98. The van der Waals surface area contributed by atoms with Gasteiger partial charge in [-0.25, -0.2) is 0 Å². The van der Waals surface area contributed by atoms with Gasteiger partial charge in [0, 0.05) is 16.4 Å². The molecule has 1 aromatic rings. The summed E-state index contributed by atoms with van der Waals surface area (Å²) in [5.41, 5.74) is 6.09. The number of carbonyl (C=O) groups excluding carboxylic acids is 2. The molecule has 0 unspecified atom stereocenters. The monoisotopic (exact) mass is 341 g/mol. The third kappa shape index (κ3) is 5.30. The van der Waals surface area contributed by atoms with Crippen LogP contribution in [0.1, 0.15) is 19.4 Å². The number of hydrogen-bond donors (Lipinski definition) is 3. The zero-order valence-electron chi connectivity index (χ0n) is 11.7. The molecule has 5 nitrogen and oxygen atoms in total. The number of benzene rings is 1. The van der Waals surface area contributed by atoms with Crippen LogP contribution in [-0.2, 0) is 15.0 Å². The highest BCUT2D eigenvalue weighted by atomic mass is 79.9. The fourth-order valence-corrected chi connectivity index (χ4v) is 1.90. The van der Waals surface area contributed by atoms with Gasteiger partial charge in [0.25, 0.3) is 0 Å². The lowest BCUT2D eigenvalue weighted by Gasteiger charge is -2.25. The van der Waals surface area contributed by atoms with Gasteiger partial charge in [-0.15, -0.1) is 0 Å². The van der Waals surface area contributed by atoms with Crippen molar-refractivity contribution >= 4 is 27.7 Å². The molecule has 0 aliphatic rings. The van der Waals surface area contributed by atoms with Crippen LogP contribution in [0.5, 0.6) is 0 Å². The van der Waals surface area contributed by atoms with E-state index in [9.17, 15) is 9.59 Å². The van der Waals surface area contributed by atoms with Gasteiger partial charge in [0.15, 0.2) is 0 Å². The van der Waals surface area contributed by atoms with Gasteiger partial charge >= 0.3 is 0 Å². The van der Waals surface area contributed by atoms with Crippen molar-refractivity contribution in [3.8, 4) is 0 Å². The summed E-state index contributed by atoms with van der Waals surface area (Å²) in [6.07, 6.45) is 0. The number of rotatable bonds is 6. The summed E-state index contributed by atoms with van der Waals surface area (Å²) >= 11 is 3.40. The standard InChI is InChI=1S/C14H20BrN3O2/c1-14(2,10-3-5-11(15)6-4-10)9-18-13(20)8-17-12(19)7-16/h3-6H,7-9,16H2,1-2H3,(H,17,19)(H,18,20). The molecule has 4 N–H and O–H groups in total. The van der Waals surface area contributed by atoms with E-state index in [1.165, 1.54) is 0 Å². The minimum atomic E-state index is -0.340. The summed E-state index contributed by atoms with van der Waals surface area (Å²) in [6, 6.07) is 7.99. The summed E-state index contributed by atoms with van der Waals surface area (Å²) in [5.74, 6) is -0.565. The number of halogens is 1. The van der Waals surface area contributed by atoms with Gasteiger partial charge in [0.2, 0.25) is 11.8 Å². The van der Waals surface area contributed by atoms with Gasteiger partial charge in [0.05, 0.1) is 13.1 Å². The van der Waals surface area contributed by atoms with Gasteiger partial charge in [-0.2, -0.15) is 0 Å². The maximum atomic E-state index is 11.6. The first-order chi connectivity index (χ1) is 9.35. The van der Waals surface area contributed by atoms with E-state index in [1.807, 2.05) is 24.3 Å². The molecule has 0 atom stereocenters. The molecular formula is C14H20BrN3O2. The van der Waals surface area contributed by atoms with Crippen molar-refractivity contribution in [3.05, 3.63) is 34.3 Å². The normalized spacial score (nSPS) is 11.0. The lowest BCUT2D eigenvalue weighted by Crippen LogP contribution is -2.43. The van der Waals surface area contributed by atoms with Crippen LogP contribution < -0.4 is 16.4 Å². The summed E-state index contributed by atoms with van der Waals surface area (Å²) in [6.45, 7) is 4.43. The Hall–Kier alpha value is -1.40. The van der Waals surface area contributed by atoms with E-state index in [0.29, 0.717) is 6.54 Å². The van der Waals surface area contributed by atoms with Crippen LogP contribution in [0.15, 0.2) is 28.7 Å². The number of hydrogen-bond acceptors (Lipinski definition) is 3. The highest BCUT2D eigenvalue weighted by Gasteiger charge is 2.21. The highest BCUT2D eigenvalue weighted by molar-refractivity contribution is 9.10. The van der Waals surface area contributed by atoms with Crippen LogP contribution in [0.3, 0.4) is 0 Å². The Balaban J connectivity index is 2.48. The van der Waals surface area contributed by atoms with Gasteiger partial charge in [-0.3, -0.25) is 9.59 Å². The first-order valence-corrected chi connectivity index (χ1v) is 7.14. The third-order valence-corrected chi connectivity index (χ3v) is 3.51. The highest BCUT2D eigenvalue weighted by Crippen LogP contribution is 2.23. The molecule has 0 bridgehead atoms. The van der Waals surface area contributed by atoms with Crippen LogP contribution in [0, 0.1) is 0 Å². The lowest BCUT2D eigenvalue weighted by molar-refractivity contribution is -0.125. The fraction of sp³-hybridized carbons (Fsp3) is 0.429. The number of nitrogens with one attached hydrogen (secondary N) is 2. The maximum absolute atomic E-state index is 11.6. The lowest BCUT2D eigenvalue weighted by atomic mass is 9.84. The van der Waals surface area contributed by atoms with E-state index in [4.69, 9.17) is 5.73 Å². The second-order valence-corrected chi connectivity index (χ2v) is 6.06. The molecule has 0 heterocycles. The minimum Gasteiger partial charge on any atom is -0.354 e. The van der Waals surface area contributed by atoms with Gasteiger partial charge in [0.1, 0.15) is 0 Å². The van der Waals surface area contributed by atoms with Crippen molar-refractivity contribution < 1.29 is 9.59 Å². The number of nitrogens with two attached hydrogens (primary N) is 1. The second-order valence-electron chi connectivity index (χ2n) is 5.15. The van der Waals surface area contributed by atoms with E-state index in [2.05, 4.69) is 40.4 Å². The average Bonchev–Trinajstić information content (AvgIpc) is 2.43. The van der Waals surface area contributed by atoms with Crippen molar-refractivity contribution in [2.24, 2.45) is 5.73 Å². The molecule has 6 heteroatoms. The SMILES string of the molecule is CC(C)(CNC(=O)CNC(=O)CN)c1ccc(Br)cc1. The predicted octanol–water partition coefficient (Wildman–Crippen LogP) is 0.918. The van der Waals surface area contributed by atoms with Crippen LogP contribution in [0.2, 0.25) is 0 Å². The summed E-state index contributed by atoms with van der Waals surface area (Å²) in [4.78, 5) is 22.6. The van der Waals surface area contributed by atoms with Crippen molar-refractivity contribution in [2.75, 3.05) is 19.6 Å². The first-order valence-electron chi connectivity index (χ1n) is 6.34. The van der Waals surface area contributed by atoms with E-state index >= 15 is 0 Å². The quantitative estimate of drug-likeness (QED) is 0.719. The van der Waals surface area contributed by atoms with Crippen molar-refractivity contribution in [1.29, 1.82) is 0 Å². The molecule has 0 aromatic heterocycles. The smallest absolute Gasteiger partial charge is 0.239 e. The molecule has 0 aliphatic heterocycles. The minimum absolute atomic E-state index is 0.0492. The molecule has 2 amide bonds. The predicted molar refractivity (Wildman–Crippen MR) is 82.2 cm³/mol. The van der Waals surface area contributed by atoms with Crippen LogP contribution >= 0.6 is 15.9 Å². The molecule has 0 radical (unpaired) electrons.